The Bertz CT molecular complexity index is 414. The molecule has 6 atom stereocenters. The van der Waals surface area contributed by atoms with Crippen molar-refractivity contribution in [1.29, 1.82) is 0 Å². The molecule has 0 radical (unpaired) electrons. The van der Waals surface area contributed by atoms with E-state index in [-0.39, 0.29) is 31.0 Å². The molecule has 3 fully saturated rings. The molecule has 1 amide bonds. The maximum Gasteiger partial charge on any atom is 0.238 e. The van der Waals surface area contributed by atoms with Crippen molar-refractivity contribution in [2.75, 3.05) is 19.8 Å². The minimum atomic E-state index is -1.55. The molecule has 1 saturated carbocycles. The van der Waals surface area contributed by atoms with Crippen molar-refractivity contribution < 1.29 is 13.6 Å². The van der Waals surface area contributed by atoms with E-state index in [0.29, 0.717) is 6.42 Å². The summed E-state index contributed by atoms with van der Waals surface area (Å²) in [4.78, 5) is 14.6. The first-order valence-electron chi connectivity index (χ1n) is 8.34. The van der Waals surface area contributed by atoms with E-state index in [1.54, 1.807) is 0 Å². The van der Waals surface area contributed by atoms with Gasteiger partial charge in [0.2, 0.25) is 5.91 Å². The topological polar surface area (TPSA) is 94.5 Å². The highest BCUT2D eigenvalue weighted by molar-refractivity contribution is 5.82. The van der Waals surface area contributed by atoms with E-state index in [2.05, 4.69) is 26.4 Å². The molecule has 3 rings (SSSR count). The lowest BCUT2D eigenvalue weighted by Gasteiger charge is -2.37. The zero-order chi connectivity index (χ0) is 16.4. The first kappa shape index (κ1) is 17.0. The highest BCUT2D eigenvalue weighted by Gasteiger charge is 2.38. The Kier molecular flexibility index (Phi) is 5.42. The Hall–Kier alpha value is -0.870. The van der Waals surface area contributed by atoms with Crippen molar-refractivity contribution in [1.82, 2.24) is 26.4 Å². The molecular formula is C14H26F2N6O. The Morgan fingerprint density at radius 1 is 1.17 bits per heavy atom. The van der Waals surface area contributed by atoms with Crippen LogP contribution < -0.4 is 27.2 Å². The number of carbonyl (C=O) groups excluding carboxylic acids is 1. The van der Waals surface area contributed by atoms with Crippen molar-refractivity contribution in [3.8, 4) is 0 Å². The fourth-order valence-corrected chi connectivity index (χ4v) is 3.51. The highest BCUT2D eigenvalue weighted by Crippen LogP contribution is 2.24. The number of halogens is 2. The molecule has 7 nitrogen and oxygen atoms in total. The molecule has 9 heteroatoms. The van der Waals surface area contributed by atoms with Gasteiger partial charge in [0.1, 0.15) is 18.4 Å². The van der Waals surface area contributed by atoms with Gasteiger partial charge < -0.3 is 16.4 Å². The molecule has 0 aromatic rings. The average Bonchev–Trinajstić information content (AvgIpc) is 3.07. The number of hydrazine groups is 1. The SMILES string of the molecule is NC1CC(F)C(F)CC1NC(=O)C1CCC(N2CCNC2)NN1. The average molecular weight is 332 g/mol. The Morgan fingerprint density at radius 2 is 1.96 bits per heavy atom. The summed E-state index contributed by atoms with van der Waals surface area (Å²) in [5, 5.41) is 6.04. The van der Waals surface area contributed by atoms with Crippen LogP contribution in [-0.4, -0.2) is 67.2 Å². The van der Waals surface area contributed by atoms with Gasteiger partial charge >= 0.3 is 0 Å². The van der Waals surface area contributed by atoms with E-state index in [1.807, 2.05) is 0 Å². The molecule has 3 aliphatic rings. The molecule has 2 heterocycles. The number of carbonyl (C=O) groups is 1. The van der Waals surface area contributed by atoms with Crippen LogP contribution in [0.15, 0.2) is 0 Å². The molecule has 6 unspecified atom stereocenters. The van der Waals surface area contributed by atoms with Gasteiger partial charge in [0.05, 0.1) is 6.17 Å². The lowest BCUT2D eigenvalue weighted by Crippen LogP contribution is -2.63. The predicted molar refractivity (Wildman–Crippen MR) is 81.6 cm³/mol. The molecule has 0 aromatic carbocycles. The molecule has 0 bridgehead atoms. The fourth-order valence-electron chi connectivity index (χ4n) is 3.51. The molecule has 2 saturated heterocycles. The summed E-state index contributed by atoms with van der Waals surface area (Å²) in [5.41, 5.74) is 12.0. The molecule has 6 N–H and O–H groups in total. The first-order chi connectivity index (χ1) is 11.0. The third-order valence-corrected chi connectivity index (χ3v) is 5.01. The third kappa shape index (κ3) is 3.97. The summed E-state index contributed by atoms with van der Waals surface area (Å²) in [6, 6.07) is -1.43. The van der Waals surface area contributed by atoms with Crippen LogP contribution in [0.5, 0.6) is 0 Å². The molecule has 1 aliphatic carbocycles. The summed E-state index contributed by atoms with van der Waals surface area (Å²) in [6.07, 6.45) is -1.45. The first-order valence-corrected chi connectivity index (χ1v) is 8.34. The maximum atomic E-state index is 13.5. The standard InChI is InChI=1S/C14H26F2N6O/c15-8-5-10(17)12(6-9(8)16)19-14(23)11-1-2-13(21-20-11)22-4-3-18-7-22/h8-13,18,20-21H,1-7,17H2,(H,19,23). The Labute approximate surface area is 134 Å². The van der Waals surface area contributed by atoms with Crippen LogP contribution in [0.4, 0.5) is 8.78 Å². The minimum Gasteiger partial charge on any atom is -0.350 e. The van der Waals surface area contributed by atoms with Crippen LogP contribution >= 0.6 is 0 Å². The van der Waals surface area contributed by atoms with E-state index in [1.165, 1.54) is 0 Å². The van der Waals surface area contributed by atoms with Crippen LogP contribution in [0, 0.1) is 0 Å². The van der Waals surface area contributed by atoms with Crippen molar-refractivity contribution in [2.24, 2.45) is 5.73 Å². The quantitative estimate of drug-likeness (QED) is 0.442. The van der Waals surface area contributed by atoms with E-state index in [0.717, 1.165) is 26.2 Å². The smallest absolute Gasteiger partial charge is 0.238 e. The Balaban J connectivity index is 1.46. The second-order valence-electron chi connectivity index (χ2n) is 6.69. The van der Waals surface area contributed by atoms with E-state index >= 15 is 0 Å². The molecular weight excluding hydrogens is 306 g/mol. The lowest BCUT2D eigenvalue weighted by atomic mass is 9.88. The van der Waals surface area contributed by atoms with Crippen molar-refractivity contribution in [3.63, 3.8) is 0 Å². The van der Waals surface area contributed by atoms with Crippen molar-refractivity contribution in [2.45, 2.75) is 62.3 Å². The fraction of sp³-hybridized carbons (Fsp3) is 0.929. The van der Waals surface area contributed by atoms with Crippen LogP contribution in [-0.2, 0) is 4.79 Å². The van der Waals surface area contributed by atoms with Gasteiger partial charge in [0.15, 0.2) is 0 Å². The largest absolute Gasteiger partial charge is 0.350 e. The van der Waals surface area contributed by atoms with Gasteiger partial charge in [-0.1, -0.05) is 0 Å². The van der Waals surface area contributed by atoms with E-state index in [4.69, 9.17) is 5.73 Å². The molecule has 0 spiro atoms. The summed E-state index contributed by atoms with van der Waals surface area (Å²) < 4.78 is 26.8. The summed E-state index contributed by atoms with van der Waals surface area (Å²) >= 11 is 0. The Morgan fingerprint density at radius 3 is 2.61 bits per heavy atom. The monoisotopic (exact) mass is 332 g/mol. The lowest BCUT2D eigenvalue weighted by molar-refractivity contribution is -0.126. The summed E-state index contributed by atoms with van der Waals surface area (Å²) in [5.74, 6) is -0.208. The highest BCUT2D eigenvalue weighted by atomic mass is 19.2. The summed E-state index contributed by atoms with van der Waals surface area (Å²) in [7, 11) is 0. The zero-order valence-corrected chi connectivity index (χ0v) is 13.1. The van der Waals surface area contributed by atoms with Crippen LogP contribution in [0.2, 0.25) is 0 Å². The number of hydrogen-bond donors (Lipinski definition) is 5. The van der Waals surface area contributed by atoms with E-state index < -0.39 is 24.4 Å². The van der Waals surface area contributed by atoms with E-state index in [9.17, 15) is 13.6 Å². The third-order valence-electron chi connectivity index (χ3n) is 5.01. The number of alkyl halides is 2. The van der Waals surface area contributed by atoms with Crippen molar-refractivity contribution in [3.05, 3.63) is 0 Å². The number of amides is 1. The van der Waals surface area contributed by atoms with Gasteiger partial charge in [0, 0.05) is 38.3 Å². The molecule has 0 aromatic heterocycles. The number of nitrogens with one attached hydrogen (secondary N) is 4. The van der Waals surface area contributed by atoms with Gasteiger partial charge in [-0.2, -0.15) is 0 Å². The second-order valence-corrected chi connectivity index (χ2v) is 6.69. The van der Waals surface area contributed by atoms with Crippen molar-refractivity contribution >= 4 is 5.91 Å². The summed E-state index contributed by atoms with van der Waals surface area (Å²) in [6.45, 7) is 2.80. The number of hydrogen-bond acceptors (Lipinski definition) is 6. The second kappa shape index (κ2) is 7.35. The zero-order valence-electron chi connectivity index (χ0n) is 13.1. The number of nitrogens with two attached hydrogens (primary N) is 1. The predicted octanol–water partition coefficient (Wildman–Crippen LogP) is -1.29. The number of nitrogens with zero attached hydrogens (tertiary/aromatic N) is 1. The van der Waals surface area contributed by atoms with Gasteiger partial charge in [-0.25, -0.2) is 19.6 Å². The van der Waals surface area contributed by atoms with Gasteiger partial charge in [-0.15, -0.1) is 0 Å². The molecule has 2 aliphatic heterocycles. The number of rotatable bonds is 3. The van der Waals surface area contributed by atoms with Crippen LogP contribution in [0.1, 0.15) is 25.7 Å². The van der Waals surface area contributed by atoms with Gasteiger partial charge in [0.25, 0.3) is 0 Å². The molecule has 132 valence electrons. The maximum absolute atomic E-state index is 13.5. The van der Waals surface area contributed by atoms with Gasteiger partial charge in [-0.3, -0.25) is 9.69 Å². The van der Waals surface area contributed by atoms with Crippen LogP contribution in [0.25, 0.3) is 0 Å². The minimum absolute atomic E-state index is 0.0491. The van der Waals surface area contributed by atoms with Crippen LogP contribution in [0.3, 0.4) is 0 Å². The van der Waals surface area contributed by atoms with Gasteiger partial charge in [-0.05, 0) is 19.3 Å². The normalized spacial score (nSPS) is 42.6. The molecule has 23 heavy (non-hydrogen) atoms.